The lowest BCUT2D eigenvalue weighted by atomic mass is 9.94. The number of halogens is 4. The first-order valence-corrected chi connectivity index (χ1v) is 5.14. The largest absolute Gasteiger partial charge is 0.481 e. The minimum Gasteiger partial charge on any atom is -0.481 e. The Morgan fingerprint density at radius 2 is 2.06 bits per heavy atom. The summed E-state index contributed by atoms with van der Waals surface area (Å²) in [4.78, 5) is 10.5. The van der Waals surface area contributed by atoms with Crippen molar-refractivity contribution in [3.63, 3.8) is 0 Å². The Morgan fingerprint density at radius 3 is 2.47 bits per heavy atom. The quantitative estimate of drug-likeness (QED) is 0.904. The number of hydrogen-bond donors (Lipinski definition) is 1. The summed E-state index contributed by atoms with van der Waals surface area (Å²) in [5, 5.41) is 8.45. The molecule has 1 rings (SSSR count). The summed E-state index contributed by atoms with van der Waals surface area (Å²) in [5.41, 5.74) is 0.516. The van der Waals surface area contributed by atoms with Gasteiger partial charge in [0.25, 0.3) is 0 Å². The van der Waals surface area contributed by atoms with E-state index in [1.54, 1.807) is 6.92 Å². The molecule has 1 atom stereocenters. The molecule has 0 radical (unpaired) electrons. The van der Waals surface area contributed by atoms with Crippen LogP contribution in [0.15, 0.2) is 18.2 Å². The molecular weight excluding hydrogens is 257 g/mol. The minimum absolute atomic E-state index is 0.0615. The Hall–Kier alpha value is -1.23. The molecule has 0 bridgehead atoms. The normalized spacial score (nSPS) is 13.5. The molecule has 17 heavy (non-hydrogen) atoms. The third-order valence-corrected chi connectivity index (χ3v) is 2.63. The van der Waals surface area contributed by atoms with Gasteiger partial charge < -0.3 is 5.11 Å². The SMILES string of the molecule is Cc1ccc(C(CC(=O)O)C(F)(F)F)c(Cl)c1. The second kappa shape index (κ2) is 4.96. The highest BCUT2D eigenvalue weighted by atomic mass is 35.5. The molecule has 1 N–H and O–H groups in total. The third kappa shape index (κ3) is 3.63. The molecule has 0 spiro atoms. The average molecular weight is 267 g/mol. The van der Waals surface area contributed by atoms with Crippen LogP contribution in [0.25, 0.3) is 0 Å². The molecule has 1 unspecified atom stereocenters. The van der Waals surface area contributed by atoms with Crippen LogP contribution in [0, 0.1) is 6.92 Å². The Balaban J connectivity index is 3.17. The molecule has 0 aliphatic heterocycles. The van der Waals surface area contributed by atoms with Crippen molar-refractivity contribution in [2.75, 3.05) is 0 Å². The maximum atomic E-state index is 12.7. The number of benzene rings is 1. The summed E-state index contributed by atoms with van der Waals surface area (Å²) in [5.74, 6) is -3.59. The number of rotatable bonds is 3. The smallest absolute Gasteiger partial charge is 0.396 e. The van der Waals surface area contributed by atoms with Gasteiger partial charge in [-0.15, -0.1) is 0 Å². The molecule has 2 nitrogen and oxygen atoms in total. The summed E-state index contributed by atoms with van der Waals surface area (Å²) in [7, 11) is 0. The number of alkyl halides is 3. The van der Waals surface area contributed by atoms with Gasteiger partial charge in [-0.05, 0) is 24.1 Å². The number of carboxylic acids is 1. The summed E-state index contributed by atoms with van der Waals surface area (Å²) in [6, 6.07) is 4.08. The highest BCUT2D eigenvalue weighted by Gasteiger charge is 2.42. The number of aryl methyl sites for hydroxylation is 1. The summed E-state index contributed by atoms with van der Waals surface area (Å²) >= 11 is 5.72. The topological polar surface area (TPSA) is 37.3 Å². The molecule has 1 aromatic carbocycles. The van der Waals surface area contributed by atoms with E-state index in [0.717, 1.165) is 5.56 Å². The molecule has 0 saturated carbocycles. The molecular formula is C11H10ClF3O2. The maximum Gasteiger partial charge on any atom is 0.396 e. The lowest BCUT2D eigenvalue weighted by Gasteiger charge is -2.20. The van der Waals surface area contributed by atoms with E-state index in [1.165, 1.54) is 18.2 Å². The first kappa shape index (κ1) is 13.8. The van der Waals surface area contributed by atoms with E-state index in [0.29, 0.717) is 0 Å². The Bertz CT molecular complexity index is 429. The van der Waals surface area contributed by atoms with Crippen molar-refractivity contribution in [3.8, 4) is 0 Å². The number of carboxylic acid groups (broad SMARTS) is 1. The molecule has 0 fully saturated rings. The van der Waals surface area contributed by atoms with Crippen LogP contribution in [0.4, 0.5) is 13.2 Å². The molecule has 0 heterocycles. The van der Waals surface area contributed by atoms with E-state index in [9.17, 15) is 18.0 Å². The van der Waals surface area contributed by atoms with Crippen LogP contribution >= 0.6 is 11.6 Å². The van der Waals surface area contributed by atoms with Crippen molar-refractivity contribution in [2.24, 2.45) is 0 Å². The second-order valence-corrected chi connectivity index (χ2v) is 4.12. The average Bonchev–Trinajstić information content (AvgIpc) is 2.13. The van der Waals surface area contributed by atoms with Gasteiger partial charge in [-0.25, -0.2) is 0 Å². The van der Waals surface area contributed by atoms with E-state index >= 15 is 0 Å². The molecule has 94 valence electrons. The van der Waals surface area contributed by atoms with Crippen LogP contribution in [0.2, 0.25) is 5.02 Å². The van der Waals surface area contributed by atoms with Crippen LogP contribution in [-0.2, 0) is 4.79 Å². The van der Waals surface area contributed by atoms with Crippen molar-refractivity contribution in [3.05, 3.63) is 34.3 Å². The summed E-state index contributed by atoms with van der Waals surface area (Å²) in [6.45, 7) is 1.69. The van der Waals surface area contributed by atoms with E-state index in [2.05, 4.69) is 0 Å². The lowest BCUT2D eigenvalue weighted by molar-refractivity contribution is -0.163. The van der Waals surface area contributed by atoms with Gasteiger partial charge in [-0.1, -0.05) is 23.7 Å². The first-order valence-electron chi connectivity index (χ1n) is 4.76. The molecule has 0 aromatic heterocycles. The fraction of sp³-hybridized carbons (Fsp3) is 0.364. The zero-order valence-corrected chi connectivity index (χ0v) is 9.64. The Morgan fingerprint density at radius 1 is 1.47 bits per heavy atom. The van der Waals surface area contributed by atoms with Crippen LogP contribution < -0.4 is 0 Å². The second-order valence-electron chi connectivity index (χ2n) is 3.72. The molecule has 6 heteroatoms. The fourth-order valence-electron chi connectivity index (χ4n) is 1.49. The number of aliphatic carboxylic acids is 1. The van der Waals surface area contributed by atoms with Gasteiger partial charge in [0.15, 0.2) is 0 Å². The Kier molecular flexibility index (Phi) is 4.03. The molecule has 1 aromatic rings. The van der Waals surface area contributed by atoms with Gasteiger partial charge in [0, 0.05) is 5.02 Å². The predicted molar refractivity (Wildman–Crippen MR) is 57.2 cm³/mol. The van der Waals surface area contributed by atoms with Gasteiger partial charge in [0.2, 0.25) is 0 Å². The standard InChI is InChI=1S/C11H10ClF3O2/c1-6-2-3-7(9(12)4-6)8(5-10(16)17)11(13,14)15/h2-4,8H,5H2,1H3,(H,16,17). The monoisotopic (exact) mass is 266 g/mol. The van der Waals surface area contributed by atoms with Gasteiger partial charge in [-0.3, -0.25) is 4.79 Å². The van der Waals surface area contributed by atoms with Crippen molar-refractivity contribution < 1.29 is 23.1 Å². The van der Waals surface area contributed by atoms with Crippen molar-refractivity contribution in [1.29, 1.82) is 0 Å². The number of hydrogen-bond acceptors (Lipinski definition) is 1. The van der Waals surface area contributed by atoms with Crippen LogP contribution in [0.1, 0.15) is 23.5 Å². The first-order chi connectivity index (χ1) is 7.71. The van der Waals surface area contributed by atoms with Crippen molar-refractivity contribution >= 4 is 17.6 Å². The highest BCUT2D eigenvalue weighted by Crippen LogP contribution is 2.40. The van der Waals surface area contributed by atoms with Crippen molar-refractivity contribution in [2.45, 2.75) is 25.4 Å². The van der Waals surface area contributed by atoms with Gasteiger partial charge in [0.05, 0.1) is 12.3 Å². The zero-order chi connectivity index (χ0) is 13.2. The summed E-state index contributed by atoms with van der Waals surface area (Å²) < 4.78 is 38.2. The molecule has 0 amide bonds. The van der Waals surface area contributed by atoms with Gasteiger partial charge in [0.1, 0.15) is 0 Å². The molecule has 0 aliphatic rings. The zero-order valence-electron chi connectivity index (χ0n) is 8.88. The predicted octanol–water partition coefficient (Wildman–Crippen LogP) is 3.77. The number of carbonyl (C=O) groups is 1. The third-order valence-electron chi connectivity index (χ3n) is 2.31. The van der Waals surface area contributed by atoms with Crippen LogP contribution in [-0.4, -0.2) is 17.3 Å². The van der Waals surface area contributed by atoms with Gasteiger partial charge >= 0.3 is 12.1 Å². The summed E-state index contributed by atoms with van der Waals surface area (Å²) in [6.07, 6.45) is -5.65. The van der Waals surface area contributed by atoms with E-state index in [-0.39, 0.29) is 10.6 Å². The highest BCUT2D eigenvalue weighted by molar-refractivity contribution is 6.31. The van der Waals surface area contributed by atoms with Crippen LogP contribution in [0.3, 0.4) is 0 Å². The minimum atomic E-state index is -4.63. The maximum absolute atomic E-state index is 12.7. The lowest BCUT2D eigenvalue weighted by Crippen LogP contribution is -2.24. The van der Waals surface area contributed by atoms with Crippen LogP contribution in [0.5, 0.6) is 0 Å². The van der Waals surface area contributed by atoms with Crippen molar-refractivity contribution in [1.82, 2.24) is 0 Å². The fourth-order valence-corrected chi connectivity index (χ4v) is 1.86. The van der Waals surface area contributed by atoms with E-state index in [1.807, 2.05) is 0 Å². The van der Waals surface area contributed by atoms with E-state index in [4.69, 9.17) is 16.7 Å². The van der Waals surface area contributed by atoms with Gasteiger partial charge in [-0.2, -0.15) is 13.2 Å². The van der Waals surface area contributed by atoms with E-state index < -0.39 is 24.5 Å². The molecule has 0 saturated heterocycles. The molecule has 0 aliphatic carbocycles. The Labute approximate surface area is 101 Å².